The molecule has 2 aromatic rings. The van der Waals surface area contributed by atoms with Crippen LogP contribution < -0.4 is 5.32 Å². The van der Waals surface area contributed by atoms with Crippen molar-refractivity contribution in [3.05, 3.63) is 59.7 Å². The molecule has 0 aromatic heterocycles. The lowest BCUT2D eigenvalue weighted by molar-refractivity contribution is -0.137. The zero-order valence-electron chi connectivity index (χ0n) is 18.6. The number of benzene rings is 2. The predicted molar refractivity (Wildman–Crippen MR) is 120 cm³/mol. The lowest BCUT2D eigenvalue weighted by atomic mass is 9.97. The minimum Gasteiger partial charge on any atom is -0.326 e. The summed E-state index contributed by atoms with van der Waals surface area (Å²) in [7, 11) is -0.0617. The molecule has 0 unspecified atom stereocenters. The molecule has 3 rings (SSSR count). The van der Waals surface area contributed by atoms with Crippen LogP contribution in [0.1, 0.15) is 24.0 Å². The molecular weight excluding hydrogens is 455 g/mol. The summed E-state index contributed by atoms with van der Waals surface area (Å²) in [5.41, 5.74) is 0.827. The van der Waals surface area contributed by atoms with Gasteiger partial charge >= 0.3 is 6.18 Å². The van der Waals surface area contributed by atoms with E-state index in [9.17, 15) is 26.4 Å². The average Bonchev–Trinajstić information content (AvgIpc) is 2.78. The molecular formula is C23H28F3N3O3S. The summed E-state index contributed by atoms with van der Waals surface area (Å²) in [6, 6.07) is 11.3. The molecule has 1 N–H and O–H groups in total. The fourth-order valence-electron chi connectivity index (χ4n) is 3.69. The number of alkyl halides is 3. The summed E-state index contributed by atoms with van der Waals surface area (Å²) in [5, 5.41) is 2.87. The number of amides is 1. The SMILES string of the molecule is CN(C)CCc1ccc(NC(=O)C2CCN(S(=O)(=O)c3cccc(C(F)(F)F)c3)CC2)cc1. The number of piperidine rings is 1. The maximum atomic E-state index is 13.0. The molecule has 10 heteroatoms. The highest BCUT2D eigenvalue weighted by Crippen LogP contribution is 2.32. The Morgan fingerprint density at radius 3 is 2.30 bits per heavy atom. The van der Waals surface area contributed by atoms with Gasteiger partial charge in [-0.25, -0.2) is 8.42 Å². The van der Waals surface area contributed by atoms with E-state index in [4.69, 9.17) is 0 Å². The quantitative estimate of drug-likeness (QED) is 0.650. The first-order chi connectivity index (χ1) is 15.5. The second-order valence-electron chi connectivity index (χ2n) is 8.44. The maximum Gasteiger partial charge on any atom is 0.416 e. The Bertz CT molecular complexity index is 1060. The van der Waals surface area contributed by atoms with Crippen molar-refractivity contribution in [3.8, 4) is 0 Å². The van der Waals surface area contributed by atoms with Crippen LogP contribution in [-0.4, -0.2) is 57.3 Å². The summed E-state index contributed by atoms with van der Waals surface area (Å²) in [4.78, 5) is 14.3. The number of halogens is 3. The van der Waals surface area contributed by atoms with Crippen molar-refractivity contribution < 1.29 is 26.4 Å². The van der Waals surface area contributed by atoms with Gasteiger partial charge in [-0.1, -0.05) is 18.2 Å². The van der Waals surface area contributed by atoms with Crippen LogP contribution in [0.5, 0.6) is 0 Å². The van der Waals surface area contributed by atoms with Crippen LogP contribution in [0.4, 0.5) is 18.9 Å². The zero-order valence-corrected chi connectivity index (χ0v) is 19.4. The van der Waals surface area contributed by atoms with Crippen LogP contribution in [-0.2, 0) is 27.4 Å². The van der Waals surface area contributed by atoms with Gasteiger partial charge in [0.15, 0.2) is 0 Å². The van der Waals surface area contributed by atoms with Crippen LogP contribution in [0, 0.1) is 5.92 Å². The molecule has 1 heterocycles. The van der Waals surface area contributed by atoms with Crippen molar-refractivity contribution in [1.29, 1.82) is 0 Å². The molecule has 1 aliphatic heterocycles. The number of carbonyl (C=O) groups excluding carboxylic acids is 1. The van der Waals surface area contributed by atoms with Crippen molar-refractivity contribution >= 4 is 21.6 Å². The number of nitrogens with zero attached hydrogens (tertiary/aromatic N) is 2. The summed E-state index contributed by atoms with van der Waals surface area (Å²) >= 11 is 0. The highest BCUT2D eigenvalue weighted by atomic mass is 32.2. The van der Waals surface area contributed by atoms with Crippen molar-refractivity contribution in [2.75, 3.05) is 39.0 Å². The first kappa shape index (κ1) is 25.2. The number of likely N-dealkylation sites (N-methyl/N-ethyl adjacent to an activating group) is 1. The molecule has 6 nitrogen and oxygen atoms in total. The zero-order chi connectivity index (χ0) is 24.2. The molecule has 0 spiro atoms. The van der Waals surface area contributed by atoms with Gasteiger partial charge < -0.3 is 10.2 Å². The minimum atomic E-state index is -4.62. The Hall–Kier alpha value is -2.43. The highest BCUT2D eigenvalue weighted by molar-refractivity contribution is 7.89. The van der Waals surface area contributed by atoms with Crippen molar-refractivity contribution in [2.24, 2.45) is 5.92 Å². The molecule has 0 saturated carbocycles. The molecule has 0 atom stereocenters. The average molecular weight is 484 g/mol. The lowest BCUT2D eigenvalue weighted by Gasteiger charge is -2.30. The molecule has 0 aliphatic carbocycles. The number of sulfonamides is 1. The van der Waals surface area contributed by atoms with Gasteiger partial charge in [0.05, 0.1) is 10.5 Å². The monoisotopic (exact) mass is 483 g/mol. The number of rotatable bonds is 7. The molecule has 1 saturated heterocycles. The third kappa shape index (κ3) is 6.55. The summed E-state index contributed by atoms with van der Waals surface area (Å²) in [5.74, 6) is -0.557. The fourth-order valence-corrected chi connectivity index (χ4v) is 5.21. The van der Waals surface area contributed by atoms with E-state index in [0.29, 0.717) is 24.6 Å². The van der Waals surface area contributed by atoms with Gasteiger partial charge in [-0.15, -0.1) is 0 Å². The first-order valence-corrected chi connectivity index (χ1v) is 12.1. The van der Waals surface area contributed by atoms with E-state index in [1.165, 1.54) is 0 Å². The van der Waals surface area contributed by atoms with Crippen LogP contribution >= 0.6 is 0 Å². The van der Waals surface area contributed by atoms with E-state index in [1.54, 1.807) is 0 Å². The molecule has 0 bridgehead atoms. The van der Waals surface area contributed by atoms with E-state index in [2.05, 4.69) is 10.2 Å². The molecule has 1 aliphatic rings. The maximum absolute atomic E-state index is 13.0. The van der Waals surface area contributed by atoms with Gasteiger partial charge in [0.2, 0.25) is 15.9 Å². The fraction of sp³-hybridized carbons (Fsp3) is 0.435. The van der Waals surface area contributed by atoms with E-state index in [1.807, 2.05) is 38.4 Å². The highest BCUT2D eigenvalue weighted by Gasteiger charge is 2.35. The topological polar surface area (TPSA) is 69.7 Å². The van der Waals surface area contributed by atoms with E-state index in [0.717, 1.165) is 41.0 Å². The Kier molecular flexibility index (Phi) is 7.81. The van der Waals surface area contributed by atoms with E-state index < -0.39 is 26.7 Å². The molecule has 1 fully saturated rings. The molecule has 180 valence electrons. The summed E-state index contributed by atoms with van der Waals surface area (Å²) in [6.07, 6.45) is -3.13. The summed E-state index contributed by atoms with van der Waals surface area (Å²) < 4.78 is 65.6. The second-order valence-corrected chi connectivity index (χ2v) is 10.4. The largest absolute Gasteiger partial charge is 0.416 e. The van der Waals surface area contributed by atoms with Crippen molar-refractivity contribution in [2.45, 2.75) is 30.3 Å². The predicted octanol–water partition coefficient (Wildman–Crippen LogP) is 3.85. The van der Waals surface area contributed by atoms with Crippen LogP contribution in [0.2, 0.25) is 0 Å². The second kappa shape index (κ2) is 10.2. The Balaban J connectivity index is 1.57. The molecule has 1 amide bonds. The van der Waals surface area contributed by atoms with Gasteiger partial charge in [0.1, 0.15) is 0 Å². The normalized spacial score (nSPS) is 16.2. The standard InChI is InChI=1S/C23H28F3N3O3S/c1-28(2)13-10-17-6-8-20(9-7-17)27-22(30)18-11-14-29(15-12-18)33(31,32)21-5-3-4-19(16-21)23(24,25)26/h3-9,16,18H,10-15H2,1-2H3,(H,27,30). The lowest BCUT2D eigenvalue weighted by Crippen LogP contribution is -2.41. The van der Waals surface area contributed by atoms with E-state index >= 15 is 0 Å². The van der Waals surface area contributed by atoms with Crippen molar-refractivity contribution in [1.82, 2.24) is 9.21 Å². The number of hydrogen-bond acceptors (Lipinski definition) is 4. The Labute approximate surface area is 192 Å². The third-order valence-corrected chi connectivity index (χ3v) is 7.59. The molecule has 2 aromatic carbocycles. The van der Waals surface area contributed by atoms with Gasteiger partial charge in [0, 0.05) is 31.2 Å². The number of carbonyl (C=O) groups is 1. The van der Waals surface area contributed by atoms with Crippen LogP contribution in [0.25, 0.3) is 0 Å². The number of anilines is 1. The van der Waals surface area contributed by atoms with Gasteiger partial charge in [-0.05, 0) is 69.3 Å². The smallest absolute Gasteiger partial charge is 0.326 e. The van der Waals surface area contributed by atoms with Crippen LogP contribution in [0.3, 0.4) is 0 Å². The van der Waals surface area contributed by atoms with Crippen molar-refractivity contribution in [3.63, 3.8) is 0 Å². The summed E-state index contributed by atoms with van der Waals surface area (Å²) in [6.45, 7) is 1.06. The number of nitrogens with one attached hydrogen (secondary N) is 1. The van der Waals surface area contributed by atoms with Gasteiger partial charge in [0.25, 0.3) is 0 Å². The third-order valence-electron chi connectivity index (χ3n) is 5.69. The van der Waals surface area contributed by atoms with Crippen LogP contribution in [0.15, 0.2) is 53.4 Å². The first-order valence-electron chi connectivity index (χ1n) is 10.7. The number of hydrogen-bond donors (Lipinski definition) is 1. The molecule has 0 radical (unpaired) electrons. The Morgan fingerprint density at radius 1 is 1.09 bits per heavy atom. The molecule has 33 heavy (non-hydrogen) atoms. The van der Waals surface area contributed by atoms with E-state index in [-0.39, 0.29) is 24.9 Å². The van der Waals surface area contributed by atoms with Gasteiger partial charge in [-0.2, -0.15) is 17.5 Å². The Morgan fingerprint density at radius 2 is 1.73 bits per heavy atom. The minimum absolute atomic E-state index is 0.0696. The van der Waals surface area contributed by atoms with Gasteiger partial charge in [-0.3, -0.25) is 4.79 Å².